The van der Waals surface area contributed by atoms with Crippen LogP contribution in [0.4, 0.5) is 0 Å². The summed E-state index contributed by atoms with van der Waals surface area (Å²) in [5.74, 6) is -2.53. The molecule has 0 bridgehead atoms. The predicted octanol–water partition coefficient (Wildman–Crippen LogP) is 21.4. The van der Waals surface area contributed by atoms with Gasteiger partial charge in [-0.05, 0) is 116 Å². The molecule has 5 unspecified atom stereocenters. The molecule has 19 heteroatoms. The molecule has 0 spiro atoms. The fourth-order valence-electron chi connectivity index (χ4n) is 9.18. The summed E-state index contributed by atoms with van der Waals surface area (Å²) in [6, 6.07) is 0. The molecule has 0 saturated carbocycles. The maximum Gasteiger partial charge on any atom is 0.472 e. The molecule has 3 N–H and O–H groups in total. The predicted molar refractivity (Wildman–Crippen MR) is 408 cm³/mol. The van der Waals surface area contributed by atoms with E-state index in [9.17, 15) is 43.2 Å². The summed E-state index contributed by atoms with van der Waals surface area (Å²) in [7, 11) is -10.0. The van der Waals surface area contributed by atoms with Crippen LogP contribution in [0, 0.1) is 0 Å². The largest absolute Gasteiger partial charge is 0.472 e. The van der Waals surface area contributed by atoms with Gasteiger partial charge in [0.25, 0.3) is 0 Å². The van der Waals surface area contributed by atoms with Gasteiger partial charge in [-0.1, -0.05) is 288 Å². The first-order valence-electron chi connectivity index (χ1n) is 37.4. The fourth-order valence-corrected chi connectivity index (χ4v) is 10.8. The molecule has 0 aliphatic heterocycles. The third kappa shape index (κ3) is 70.8. The van der Waals surface area contributed by atoms with Crippen LogP contribution in [-0.4, -0.2) is 96.7 Å². The number of hydrogen-bond acceptors (Lipinski definition) is 15. The van der Waals surface area contributed by atoms with E-state index in [-0.39, 0.29) is 25.7 Å². The second kappa shape index (κ2) is 71.8. The number of carbonyl (C=O) groups is 4. The number of esters is 4. The number of allylic oxidation sites excluding steroid dienone is 26. The van der Waals surface area contributed by atoms with Crippen LogP contribution in [0.1, 0.15) is 259 Å². The van der Waals surface area contributed by atoms with Crippen molar-refractivity contribution in [3.63, 3.8) is 0 Å². The van der Waals surface area contributed by atoms with E-state index >= 15 is 0 Å². The number of hydrogen-bond donors (Lipinski definition) is 3. The van der Waals surface area contributed by atoms with Crippen LogP contribution in [-0.2, 0) is 65.4 Å². The summed E-state index contributed by atoms with van der Waals surface area (Å²) in [6.07, 6.45) is 84.2. The summed E-state index contributed by atoms with van der Waals surface area (Å²) in [5, 5.41) is 10.6. The summed E-state index contributed by atoms with van der Waals surface area (Å²) >= 11 is 0. The lowest BCUT2D eigenvalue weighted by atomic mass is 10.0. The van der Waals surface area contributed by atoms with Crippen molar-refractivity contribution in [1.29, 1.82) is 0 Å². The Hall–Kier alpha value is -5.58. The van der Waals surface area contributed by atoms with Crippen LogP contribution in [0.5, 0.6) is 0 Å². The molecule has 0 heterocycles. The van der Waals surface area contributed by atoms with Gasteiger partial charge >= 0.3 is 39.5 Å². The van der Waals surface area contributed by atoms with Crippen molar-refractivity contribution in [2.45, 2.75) is 277 Å². The van der Waals surface area contributed by atoms with Crippen LogP contribution >= 0.6 is 15.6 Å². The van der Waals surface area contributed by atoms with Crippen molar-refractivity contribution < 1.29 is 80.2 Å². The Labute approximate surface area is 603 Å². The number of phosphoric ester groups is 2. The number of aliphatic hydroxyl groups is 1. The van der Waals surface area contributed by atoms with Crippen LogP contribution in [0.2, 0.25) is 0 Å². The molecular weight excluding hydrogens is 1310 g/mol. The number of phosphoric acid groups is 2. The molecule has 0 aromatic rings. The topological polar surface area (TPSA) is 237 Å². The fraction of sp³-hybridized carbons (Fsp3) is 0.605. The zero-order valence-corrected chi connectivity index (χ0v) is 63.3. The highest BCUT2D eigenvalue weighted by Crippen LogP contribution is 2.45. The van der Waals surface area contributed by atoms with Crippen molar-refractivity contribution in [1.82, 2.24) is 0 Å². The summed E-state index contributed by atoms with van der Waals surface area (Å²) in [6.45, 7) is 4.22. The van der Waals surface area contributed by atoms with Crippen molar-refractivity contribution in [2.24, 2.45) is 0 Å². The first-order chi connectivity index (χ1) is 48.7. The van der Waals surface area contributed by atoms with Gasteiger partial charge in [-0.15, -0.1) is 0 Å². The monoisotopic (exact) mass is 1440 g/mol. The number of carbonyl (C=O) groups excluding carboxylic acids is 4. The Balaban J connectivity index is 5.53. The number of unbranched alkanes of at least 4 members (excludes halogenated alkanes) is 16. The number of ether oxygens (including phenoxy) is 4. The summed E-state index contributed by atoms with van der Waals surface area (Å²) in [4.78, 5) is 72.7. The van der Waals surface area contributed by atoms with Gasteiger partial charge in [0.15, 0.2) is 12.2 Å². The van der Waals surface area contributed by atoms with Crippen molar-refractivity contribution >= 4 is 39.5 Å². The SMILES string of the molecule is CC/C=C\C/C=C\C/C=C\C/C=C\C/C=C\CC(=O)OCC(COP(=O)(O)OCC(O)COP(=O)(O)OCC(COC(=O)CCCC/C=C\C/C=C\C/C=C\C/C=C\CC)OC(=O)CCCCCCCCCCCCCCCCC)OC(=O)C/C=C\C/C=C\C/C=C\C/C=C\C/C=C\CC. The molecule has 0 aromatic heterocycles. The van der Waals surface area contributed by atoms with E-state index < -0.39 is 97.5 Å². The average molecular weight is 1440 g/mol. The van der Waals surface area contributed by atoms with Crippen molar-refractivity contribution in [3.05, 3.63) is 170 Å². The Morgan fingerprint density at radius 1 is 0.300 bits per heavy atom. The highest BCUT2D eigenvalue weighted by Gasteiger charge is 2.30. The van der Waals surface area contributed by atoms with Gasteiger partial charge in [0.1, 0.15) is 19.3 Å². The zero-order valence-electron chi connectivity index (χ0n) is 61.5. The molecule has 0 radical (unpaired) electrons. The van der Waals surface area contributed by atoms with E-state index in [1.807, 2.05) is 30.4 Å². The lowest BCUT2D eigenvalue weighted by molar-refractivity contribution is -0.161. The number of rotatable bonds is 68. The standard InChI is InChI=1S/C81H130O17P2/c1-5-9-13-17-21-25-29-33-37-41-45-49-53-57-61-65-78(83)91-71-76(97-80(85)67-63-59-55-51-47-43-39-35-31-27-23-19-15-11-7-3)73-95-99(87,88)93-69-75(82)70-94-100(89,90)96-74-77(98-81(86)68-64-60-56-52-48-44-40-36-32-28-24-20-16-12-8-4)72-92-79(84)66-62-58-54-50-46-42-38-34-30-26-22-18-14-10-6-2/h9-11,13-15,21-23,25-27,33-35,37-39,45-47,49-51,57,59,61,63,75-77,82H,5-8,12,16-20,24,28-32,36,40-44,48,52-56,58,60,62,64-74H2,1-4H3,(H,87,88)(H,89,90)/b13-9-,14-10-,15-11-,25-21-,26-22-,27-23-,37-33-,38-34-,39-35-,49-45-,50-46-,51-47-,61-57-,63-59-. The van der Waals surface area contributed by atoms with Crippen LogP contribution < -0.4 is 0 Å². The highest BCUT2D eigenvalue weighted by atomic mass is 31.2. The first kappa shape index (κ1) is 94.4. The van der Waals surface area contributed by atoms with E-state index in [2.05, 4.69) is 149 Å². The molecule has 0 aliphatic carbocycles. The first-order valence-corrected chi connectivity index (χ1v) is 40.4. The maximum atomic E-state index is 13.1. The van der Waals surface area contributed by atoms with Gasteiger partial charge in [-0.2, -0.15) is 0 Å². The number of aliphatic hydroxyl groups excluding tert-OH is 1. The smallest absolute Gasteiger partial charge is 0.462 e. The molecule has 0 amide bonds. The summed E-state index contributed by atoms with van der Waals surface area (Å²) < 4.78 is 68.1. The van der Waals surface area contributed by atoms with E-state index in [1.54, 1.807) is 18.2 Å². The van der Waals surface area contributed by atoms with E-state index in [0.717, 1.165) is 116 Å². The molecular formula is C81H130O17P2. The van der Waals surface area contributed by atoms with Crippen molar-refractivity contribution in [2.75, 3.05) is 39.6 Å². The van der Waals surface area contributed by atoms with Gasteiger partial charge in [0, 0.05) is 12.8 Å². The Bertz CT molecular complexity index is 2570. The van der Waals surface area contributed by atoms with Crippen LogP contribution in [0.25, 0.3) is 0 Å². The Kier molecular flexibility index (Phi) is 67.8. The van der Waals surface area contributed by atoms with E-state index in [4.69, 9.17) is 37.0 Å². The van der Waals surface area contributed by atoms with E-state index in [1.165, 1.54) is 64.2 Å². The lowest BCUT2D eigenvalue weighted by Crippen LogP contribution is -2.30. The highest BCUT2D eigenvalue weighted by molar-refractivity contribution is 7.47. The minimum atomic E-state index is -5.03. The average Bonchev–Trinajstić information content (AvgIpc) is 1.01. The Morgan fingerprint density at radius 2 is 0.570 bits per heavy atom. The maximum absolute atomic E-state index is 13.1. The van der Waals surface area contributed by atoms with Gasteiger partial charge in [-0.3, -0.25) is 37.3 Å². The molecule has 5 atom stereocenters. The molecule has 0 fully saturated rings. The Morgan fingerprint density at radius 3 is 0.930 bits per heavy atom. The molecule has 0 aliphatic rings. The van der Waals surface area contributed by atoms with E-state index in [0.29, 0.717) is 25.7 Å². The molecule has 100 heavy (non-hydrogen) atoms. The van der Waals surface area contributed by atoms with Gasteiger partial charge in [0.2, 0.25) is 0 Å². The quantitative estimate of drug-likeness (QED) is 0.0169. The molecule has 0 rings (SSSR count). The zero-order chi connectivity index (χ0) is 73.2. The van der Waals surface area contributed by atoms with Crippen LogP contribution in [0.15, 0.2) is 170 Å². The van der Waals surface area contributed by atoms with Gasteiger partial charge < -0.3 is 33.8 Å². The minimum absolute atomic E-state index is 0.0788. The van der Waals surface area contributed by atoms with Gasteiger partial charge in [0.05, 0.1) is 39.3 Å². The molecule has 566 valence electrons. The molecule has 17 nitrogen and oxygen atoms in total. The van der Waals surface area contributed by atoms with Gasteiger partial charge in [-0.25, -0.2) is 9.13 Å². The normalized spacial score (nSPS) is 14.9. The van der Waals surface area contributed by atoms with Crippen LogP contribution in [0.3, 0.4) is 0 Å². The molecule has 0 saturated heterocycles. The van der Waals surface area contributed by atoms with Crippen molar-refractivity contribution in [3.8, 4) is 0 Å². The third-order valence-electron chi connectivity index (χ3n) is 14.8. The minimum Gasteiger partial charge on any atom is -0.462 e. The third-order valence-corrected chi connectivity index (χ3v) is 16.7. The second-order valence-corrected chi connectivity index (χ2v) is 27.0. The molecule has 0 aromatic carbocycles. The second-order valence-electron chi connectivity index (χ2n) is 24.1. The lowest BCUT2D eigenvalue weighted by Gasteiger charge is -2.21. The summed E-state index contributed by atoms with van der Waals surface area (Å²) in [5.41, 5.74) is 0.